The number of aryl methyl sites for hydroxylation is 2. The van der Waals surface area contributed by atoms with E-state index in [0.29, 0.717) is 11.8 Å². The normalized spacial score (nSPS) is 25.5. The van der Waals surface area contributed by atoms with E-state index < -0.39 is 0 Å². The quantitative estimate of drug-likeness (QED) is 0.156. The highest BCUT2D eigenvalue weighted by Gasteiger charge is 2.59. The average molecular weight is 717 g/mol. The van der Waals surface area contributed by atoms with Crippen molar-refractivity contribution in [2.24, 2.45) is 11.8 Å². The van der Waals surface area contributed by atoms with Crippen LogP contribution in [-0.2, 0) is 16.4 Å². The van der Waals surface area contributed by atoms with Crippen LogP contribution in [0.15, 0.2) is 127 Å². The summed E-state index contributed by atoms with van der Waals surface area (Å²) in [6, 6.07) is 40.6. The number of allylic oxidation sites excluding steroid dienone is 4. The number of rotatable bonds is 5. The molecule has 5 aromatic carbocycles. The molecular formula is C54H54N+. The zero-order valence-electron chi connectivity index (χ0n) is 34.0. The molecule has 55 heavy (non-hydrogen) atoms. The number of hydrogen-bond donors (Lipinski definition) is 0. The minimum atomic E-state index is -0.311. The van der Waals surface area contributed by atoms with Gasteiger partial charge in [-0.2, -0.15) is 4.57 Å². The van der Waals surface area contributed by atoms with Gasteiger partial charge in [-0.15, -0.1) is 0 Å². The third kappa shape index (κ3) is 4.28. The molecular weight excluding hydrogens is 663 g/mol. The van der Waals surface area contributed by atoms with Gasteiger partial charge in [-0.05, 0) is 141 Å². The van der Waals surface area contributed by atoms with Crippen molar-refractivity contribution < 1.29 is 4.57 Å². The van der Waals surface area contributed by atoms with Crippen LogP contribution in [0.1, 0.15) is 106 Å². The molecule has 1 aliphatic heterocycles. The Balaban J connectivity index is 1.22. The summed E-state index contributed by atoms with van der Waals surface area (Å²) in [5.74, 6) is 0.984. The molecule has 5 atom stereocenters. The third-order valence-electron chi connectivity index (χ3n) is 15.3. The first-order valence-corrected chi connectivity index (χ1v) is 21.0. The summed E-state index contributed by atoms with van der Waals surface area (Å²) in [5.41, 5.74) is 20.6. The summed E-state index contributed by atoms with van der Waals surface area (Å²) in [5, 5.41) is 2.65. The highest BCUT2D eigenvalue weighted by atomic mass is 15.1. The van der Waals surface area contributed by atoms with Gasteiger partial charge in [-0.25, -0.2) is 0 Å². The van der Waals surface area contributed by atoms with Gasteiger partial charge in [0.2, 0.25) is 5.69 Å². The summed E-state index contributed by atoms with van der Waals surface area (Å²) in [6.45, 7) is 19.1. The van der Waals surface area contributed by atoms with Gasteiger partial charge >= 0.3 is 0 Å². The van der Waals surface area contributed by atoms with Crippen LogP contribution in [-0.4, -0.2) is 0 Å². The van der Waals surface area contributed by atoms with Crippen molar-refractivity contribution in [2.75, 3.05) is 0 Å². The van der Waals surface area contributed by atoms with Crippen LogP contribution in [0.3, 0.4) is 0 Å². The minimum Gasteiger partial charge on any atom is -0.191 e. The predicted molar refractivity (Wildman–Crippen MR) is 231 cm³/mol. The molecule has 0 fully saturated rings. The second-order valence-corrected chi connectivity index (χ2v) is 17.6. The van der Waals surface area contributed by atoms with Crippen molar-refractivity contribution >= 4 is 16.3 Å². The molecule has 0 radical (unpaired) electrons. The number of benzene rings is 5. The van der Waals surface area contributed by atoms with Crippen LogP contribution < -0.4 is 4.57 Å². The maximum Gasteiger partial charge on any atom is 0.221 e. The molecule has 0 saturated heterocycles. The SMILES string of the molecule is CCCC1(CC)[n+]2ccc3ccccc3c2-c2cc(-c3ccc4c(c3)-c3ccccc3C43C4=CC(C)C(C)C=C4c4cc(C)c(C)cc43)ccc2C1(C)CC. The first-order chi connectivity index (χ1) is 26.6. The number of nitrogens with zero attached hydrogens (tertiary/aromatic N) is 1. The van der Waals surface area contributed by atoms with Crippen molar-refractivity contribution in [3.63, 3.8) is 0 Å². The zero-order chi connectivity index (χ0) is 38.0. The first kappa shape index (κ1) is 34.5. The molecule has 1 aromatic heterocycles. The molecule has 0 N–H and O–H groups in total. The van der Waals surface area contributed by atoms with E-state index in [1.165, 1.54) is 94.4 Å². The van der Waals surface area contributed by atoms with Gasteiger partial charge < -0.3 is 0 Å². The van der Waals surface area contributed by atoms with Crippen LogP contribution in [0.25, 0.3) is 49.9 Å². The van der Waals surface area contributed by atoms with Gasteiger partial charge in [0, 0.05) is 18.9 Å². The molecule has 3 aliphatic carbocycles. The molecule has 1 heteroatoms. The number of pyridine rings is 1. The van der Waals surface area contributed by atoms with Crippen molar-refractivity contribution in [1.82, 2.24) is 0 Å². The fraction of sp³-hybridized carbons (Fsp3) is 0.315. The summed E-state index contributed by atoms with van der Waals surface area (Å²) in [6.07, 6.45) is 12.1. The standard InChI is InChI=1S/C54H54N/c1-9-25-53(11-3)52(8,10-2)46-22-20-39(32-45(46)51-40-17-13-12-16-37(40)24-26-55(51)53)38-21-23-48-44(31-38)41-18-14-15-19-47(41)54(48)49-29-35(6)33(4)27-42(49)43-28-34(5)36(7)30-50(43)54/h12-24,26-33,35H,9-11,25H2,1-8H3/q+1. The van der Waals surface area contributed by atoms with Crippen LogP contribution in [0.2, 0.25) is 0 Å². The Hall–Kier alpha value is -5.01. The fourth-order valence-corrected chi connectivity index (χ4v) is 11.9. The fourth-order valence-electron chi connectivity index (χ4n) is 11.9. The minimum absolute atomic E-state index is 0.000835. The highest BCUT2D eigenvalue weighted by Crippen LogP contribution is 2.65. The lowest BCUT2D eigenvalue weighted by molar-refractivity contribution is -0.769. The van der Waals surface area contributed by atoms with Crippen molar-refractivity contribution in [2.45, 2.75) is 97.4 Å². The second kappa shape index (κ2) is 12.0. The van der Waals surface area contributed by atoms with Gasteiger partial charge in [-0.1, -0.05) is 126 Å². The molecule has 274 valence electrons. The van der Waals surface area contributed by atoms with Crippen LogP contribution in [0.4, 0.5) is 0 Å². The average Bonchev–Trinajstić information content (AvgIpc) is 3.64. The Morgan fingerprint density at radius 2 is 1.27 bits per heavy atom. The molecule has 4 aliphatic rings. The molecule has 0 saturated carbocycles. The van der Waals surface area contributed by atoms with Gasteiger partial charge in [0.1, 0.15) is 0 Å². The summed E-state index contributed by atoms with van der Waals surface area (Å²) in [4.78, 5) is 0. The zero-order valence-corrected chi connectivity index (χ0v) is 34.0. The van der Waals surface area contributed by atoms with Crippen molar-refractivity contribution in [1.29, 1.82) is 0 Å². The Bertz CT molecular complexity index is 2670. The molecule has 1 spiro atoms. The molecule has 2 heterocycles. The Morgan fingerprint density at radius 3 is 2.04 bits per heavy atom. The Kier molecular flexibility index (Phi) is 7.52. The highest BCUT2D eigenvalue weighted by molar-refractivity contribution is 6.01. The number of aromatic nitrogens is 1. The lowest BCUT2D eigenvalue weighted by Crippen LogP contribution is -2.69. The summed E-state index contributed by atoms with van der Waals surface area (Å²) < 4.78 is 2.71. The van der Waals surface area contributed by atoms with Crippen LogP contribution >= 0.6 is 0 Å². The molecule has 10 rings (SSSR count). The predicted octanol–water partition coefficient (Wildman–Crippen LogP) is 13.6. The van der Waals surface area contributed by atoms with E-state index in [4.69, 9.17) is 0 Å². The second-order valence-electron chi connectivity index (χ2n) is 17.6. The molecule has 1 nitrogen and oxygen atoms in total. The third-order valence-corrected chi connectivity index (χ3v) is 15.3. The van der Waals surface area contributed by atoms with E-state index in [9.17, 15) is 0 Å². The van der Waals surface area contributed by atoms with Gasteiger partial charge in [0.25, 0.3) is 0 Å². The lowest BCUT2D eigenvalue weighted by Gasteiger charge is -2.48. The van der Waals surface area contributed by atoms with Crippen LogP contribution in [0, 0.1) is 25.7 Å². The van der Waals surface area contributed by atoms with E-state index in [2.05, 4.69) is 181 Å². The van der Waals surface area contributed by atoms with E-state index in [-0.39, 0.29) is 16.4 Å². The van der Waals surface area contributed by atoms with Gasteiger partial charge in [0.05, 0.1) is 21.8 Å². The molecule has 0 bridgehead atoms. The maximum atomic E-state index is 2.71. The smallest absolute Gasteiger partial charge is 0.191 e. The van der Waals surface area contributed by atoms with E-state index in [1.54, 1.807) is 0 Å². The Morgan fingerprint density at radius 1 is 0.600 bits per heavy atom. The van der Waals surface area contributed by atoms with Crippen molar-refractivity contribution in [3.8, 4) is 33.5 Å². The molecule has 6 aromatic rings. The lowest BCUT2D eigenvalue weighted by atomic mass is 9.58. The summed E-state index contributed by atoms with van der Waals surface area (Å²) >= 11 is 0. The van der Waals surface area contributed by atoms with Gasteiger partial charge in [-0.3, -0.25) is 0 Å². The summed E-state index contributed by atoms with van der Waals surface area (Å²) in [7, 11) is 0. The van der Waals surface area contributed by atoms with Gasteiger partial charge in [0.15, 0.2) is 11.7 Å². The van der Waals surface area contributed by atoms with Crippen molar-refractivity contribution in [3.05, 3.63) is 166 Å². The largest absolute Gasteiger partial charge is 0.221 e. The maximum absolute atomic E-state index is 2.71. The van der Waals surface area contributed by atoms with Crippen LogP contribution in [0.5, 0.6) is 0 Å². The Labute approximate surface area is 328 Å². The van der Waals surface area contributed by atoms with E-state index >= 15 is 0 Å². The van der Waals surface area contributed by atoms with E-state index in [0.717, 1.165) is 25.7 Å². The molecule has 5 unspecified atom stereocenters. The molecule has 0 amide bonds. The van der Waals surface area contributed by atoms with E-state index in [1.807, 2.05) is 0 Å². The number of fused-ring (bicyclic) bond motifs is 15. The number of hydrogen-bond acceptors (Lipinski definition) is 0. The monoisotopic (exact) mass is 716 g/mol. The first-order valence-electron chi connectivity index (χ1n) is 21.0. The topological polar surface area (TPSA) is 3.88 Å².